The second-order valence-corrected chi connectivity index (χ2v) is 3.50. The Morgan fingerprint density at radius 3 is 2.59 bits per heavy atom. The van der Waals surface area contributed by atoms with E-state index in [1.165, 1.54) is 6.07 Å². The maximum atomic E-state index is 13.6. The molecule has 0 aliphatic carbocycles. The van der Waals surface area contributed by atoms with E-state index in [-0.39, 0.29) is 12.2 Å². The van der Waals surface area contributed by atoms with Crippen LogP contribution in [0, 0.1) is 5.82 Å². The molecule has 1 fully saturated rings. The van der Waals surface area contributed by atoms with Crippen molar-refractivity contribution in [2.45, 2.75) is 12.2 Å². The van der Waals surface area contributed by atoms with Crippen molar-refractivity contribution in [3.05, 3.63) is 35.1 Å². The smallest absolute Gasteiger partial charge is 0.419 e. The highest BCUT2D eigenvalue weighted by molar-refractivity contribution is 5.70. The fourth-order valence-corrected chi connectivity index (χ4v) is 1.59. The van der Waals surface area contributed by atoms with Gasteiger partial charge < -0.3 is 10.1 Å². The molecule has 0 bridgehead atoms. The van der Waals surface area contributed by atoms with E-state index in [0.29, 0.717) is 6.07 Å². The van der Waals surface area contributed by atoms with E-state index in [0.717, 1.165) is 6.07 Å². The summed E-state index contributed by atoms with van der Waals surface area (Å²) in [6, 6.07) is 2.04. The molecule has 0 spiro atoms. The van der Waals surface area contributed by atoms with Gasteiger partial charge in [0.15, 0.2) is 0 Å². The molecule has 0 aromatic heterocycles. The van der Waals surface area contributed by atoms with Crippen molar-refractivity contribution in [3.63, 3.8) is 0 Å². The van der Waals surface area contributed by atoms with E-state index in [9.17, 15) is 22.4 Å². The first-order valence-electron chi connectivity index (χ1n) is 4.68. The summed E-state index contributed by atoms with van der Waals surface area (Å²) in [4.78, 5) is 10.7. The zero-order chi connectivity index (χ0) is 12.6. The number of benzene rings is 1. The molecule has 1 aromatic rings. The number of rotatable bonds is 1. The molecule has 1 aliphatic rings. The van der Waals surface area contributed by atoms with Gasteiger partial charge in [-0.25, -0.2) is 9.18 Å². The minimum absolute atomic E-state index is 0.183. The van der Waals surface area contributed by atoms with E-state index >= 15 is 0 Å². The molecule has 7 heteroatoms. The molecule has 1 atom stereocenters. The molecule has 0 unspecified atom stereocenters. The van der Waals surface area contributed by atoms with Crippen LogP contribution in [0.4, 0.5) is 22.4 Å². The second-order valence-electron chi connectivity index (χ2n) is 3.50. The zero-order valence-corrected chi connectivity index (χ0v) is 8.34. The Morgan fingerprint density at radius 2 is 2.06 bits per heavy atom. The number of amides is 1. The van der Waals surface area contributed by atoms with Crippen LogP contribution in [-0.2, 0) is 10.9 Å². The third-order valence-electron chi connectivity index (χ3n) is 2.38. The minimum atomic E-state index is -4.76. The SMILES string of the molecule is O=C1N[C@@H](c2cccc(C(F)(F)F)c2F)CO1. The molecule has 1 aromatic carbocycles. The number of hydrogen-bond acceptors (Lipinski definition) is 2. The van der Waals surface area contributed by atoms with Gasteiger partial charge in [0, 0.05) is 5.56 Å². The first-order valence-corrected chi connectivity index (χ1v) is 4.68. The molecule has 17 heavy (non-hydrogen) atoms. The van der Waals surface area contributed by atoms with Crippen molar-refractivity contribution in [2.75, 3.05) is 6.61 Å². The summed E-state index contributed by atoms with van der Waals surface area (Å²) in [5.41, 5.74) is -1.58. The van der Waals surface area contributed by atoms with Crippen LogP contribution in [0.5, 0.6) is 0 Å². The summed E-state index contributed by atoms with van der Waals surface area (Å²) < 4.78 is 55.4. The van der Waals surface area contributed by atoms with Gasteiger partial charge in [-0.1, -0.05) is 12.1 Å². The average molecular weight is 249 g/mol. The van der Waals surface area contributed by atoms with Gasteiger partial charge in [0.1, 0.15) is 12.4 Å². The maximum absolute atomic E-state index is 13.6. The molecular weight excluding hydrogens is 242 g/mol. The highest BCUT2D eigenvalue weighted by Crippen LogP contribution is 2.34. The van der Waals surface area contributed by atoms with Crippen molar-refractivity contribution >= 4 is 6.09 Å². The van der Waals surface area contributed by atoms with Gasteiger partial charge in [0.05, 0.1) is 11.6 Å². The molecule has 1 heterocycles. The van der Waals surface area contributed by atoms with Crippen LogP contribution in [0.25, 0.3) is 0 Å². The maximum Gasteiger partial charge on any atom is 0.419 e. The highest BCUT2D eigenvalue weighted by Gasteiger charge is 2.37. The van der Waals surface area contributed by atoms with E-state index in [4.69, 9.17) is 0 Å². The van der Waals surface area contributed by atoms with Crippen LogP contribution in [0.1, 0.15) is 17.2 Å². The quantitative estimate of drug-likeness (QED) is 0.777. The summed E-state index contributed by atoms with van der Waals surface area (Å²) in [5, 5.41) is 2.22. The fraction of sp³-hybridized carbons (Fsp3) is 0.300. The lowest BCUT2D eigenvalue weighted by Gasteiger charge is -2.13. The standard InChI is InChI=1S/C10H7F4NO2/c11-8-5(7-4-17-9(16)15-7)2-1-3-6(8)10(12,13)14/h1-3,7H,4H2,(H,15,16)/t7-/m1/s1. The third kappa shape index (κ3) is 2.17. The van der Waals surface area contributed by atoms with Crippen LogP contribution in [-0.4, -0.2) is 12.7 Å². The van der Waals surface area contributed by atoms with Gasteiger partial charge >= 0.3 is 12.3 Å². The van der Waals surface area contributed by atoms with Crippen LogP contribution in [0.15, 0.2) is 18.2 Å². The first kappa shape index (κ1) is 11.7. The zero-order valence-electron chi connectivity index (χ0n) is 8.34. The predicted molar refractivity (Wildman–Crippen MR) is 48.6 cm³/mol. The summed E-state index contributed by atoms with van der Waals surface area (Å²) in [5.74, 6) is -1.38. The Morgan fingerprint density at radius 1 is 1.35 bits per heavy atom. The minimum Gasteiger partial charge on any atom is -0.447 e. The van der Waals surface area contributed by atoms with Gasteiger partial charge in [-0.2, -0.15) is 13.2 Å². The van der Waals surface area contributed by atoms with E-state index < -0.39 is 29.7 Å². The molecule has 1 N–H and O–H groups in total. The molecule has 1 amide bonds. The third-order valence-corrected chi connectivity index (χ3v) is 2.38. The number of cyclic esters (lactones) is 1. The van der Waals surface area contributed by atoms with Crippen LogP contribution >= 0.6 is 0 Å². The number of carbonyl (C=O) groups excluding carboxylic acids is 1. The number of hydrogen-bond donors (Lipinski definition) is 1. The number of halogens is 4. The van der Waals surface area contributed by atoms with Gasteiger partial charge in [0.25, 0.3) is 0 Å². The van der Waals surface area contributed by atoms with Crippen molar-refractivity contribution < 1.29 is 27.1 Å². The normalized spacial score (nSPS) is 20.0. The lowest BCUT2D eigenvalue weighted by molar-refractivity contribution is -0.140. The highest BCUT2D eigenvalue weighted by atomic mass is 19.4. The van der Waals surface area contributed by atoms with Crippen molar-refractivity contribution in [1.82, 2.24) is 5.32 Å². The Labute approximate surface area is 93.4 Å². The Balaban J connectivity index is 2.39. The lowest BCUT2D eigenvalue weighted by atomic mass is 10.0. The molecule has 1 aliphatic heterocycles. The van der Waals surface area contributed by atoms with Gasteiger partial charge in [-0.15, -0.1) is 0 Å². The van der Waals surface area contributed by atoms with Gasteiger partial charge in [-0.05, 0) is 6.07 Å². The Bertz CT molecular complexity index is 458. The molecule has 0 radical (unpaired) electrons. The number of nitrogens with one attached hydrogen (secondary N) is 1. The van der Waals surface area contributed by atoms with Crippen LogP contribution in [0.3, 0.4) is 0 Å². The molecule has 92 valence electrons. The topological polar surface area (TPSA) is 38.3 Å². The molecule has 2 rings (SSSR count). The summed E-state index contributed by atoms with van der Waals surface area (Å²) in [6.45, 7) is -0.183. The number of ether oxygens (including phenoxy) is 1. The summed E-state index contributed by atoms with van der Waals surface area (Å²) in [7, 11) is 0. The largest absolute Gasteiger partial charge is 0.447 e. The van der Waals surface area contributed by atoms with E-state index in [1.54, 1.807) is 0 Å². The van der Waals surface area contributed by atoms with Crippen molar-refractivity contribution in [2.24, 2.45) is 0 Å². The summed E-state index contributed by atoms with van der Waals surface area (Å²) in [6.07, 6.45) is -5.53. The van der Waals surface area contributed by atoms with Gasteiger partial charge in [0.2, 0.25) is 0 Å². The predicted octanol–water partition coefficient (Wildman–Crippen LogP) is 2.63. The number of alkyl halides is 3. The molecular formula is C10H7F4NO2. The first-order chi connectivity index (χ1) is 7.89. The fourth-order valence-electron chi connectivity index (χ4n) is 1.59. The van der Waals surface area contributed by atoms with Crippen LogP contribution < -0.4 is 5.32 Å². The monoisotopic (exact) mass is 249 g/mol. The van der Waals surface area contributed by atoms with Crippen molar-refractivity contribution in [1.29, 1.82) is 0 Å². The lowest BCUT2D eigenvalue weighted by Crippen LogP contribution is -2.21. The average Bonchev–Trinajstić information content (AvgIpc) is 2.63. The Kier molecular flexibility index (Phi) is 2.68. The van der Waals surface area contributed by atoms with E-state index in [1.807, 2.05) is 0 Å². The Hall–Kier alpha value is -1.79. The molecule has 0 saturated carbocycles. The van der Waals surface area contributed by atoms with Crippen LogP contribution in [0.2, 0.25) is 0 Å². The van der Waals surface area contributed by atoms with Gasteiger partial charge in [-0.3, -0.25) is 0 Å². The summed E-state index contributed by atoms with van der Waals surface area (Å²) >= 11 is 0. The number of alkyl carbamates (subject to hydrolysis) is 1. The second kappa shape index (κ2) is 3.90. The van der Waals surface area contributed by atoms with E-state index in [2.05, 4.69) is 10.1 Å². The molecule has 1 saturated heterocycles. The molecule has 3 nitrogen and oxygen atoms in total. The van der Waals surface area contributed by atoms with Crippen molar-refractivity contribution in [3.8, 4) is 0 Å². The number of carbonyl (C=O) groups is 1.